The van der Waals surface area contributed by atoms with Crippen molar-refractivity contribution in [2.45, 2.75) is 193 Å². The van der Waals surface area contributed by atoms with Gasteiger partial charge in [-0.15, -0.1) is 0 Å². The van der Waals surface area contributed by atoms with Crippen LogP contribution in [0.25, 0.3) is 0 Å². The van der Waals surface area contributed by atoms with E-state index < -0.39 is 26.5 Å². The quantitative estimate of drug-likeness (QED) is 0.0165. The highest BCUT2D eigenvalue weighted by molar-refractivity contribution is 7.47. The Bertz CT molecular complexity index is 970. The van der Waals surface area contributed by atoms with Crippen molar-refractivity contribution in [2.75, 3.05) is 47.5 Å². The summed E-state index contributed by atoms with van der Waals surface area (Å²) < 4.78 is 40.0. The molecule has 0 spiro atoms. The molecule has 306 valence electrons. The standard InChI is InChI=1S/C41H78NO9P/c1-6-8-10-11-12-13-14-15-16-20-23-27-31-40(43)47-35-37(36-49-52(45,46)48-34-33-42(3,4)5)50-41(44)32-28-24-21-18-17-19-22-26-30-39-38(51-39)29-25-9-7-2/h22,26,37-39H,6-21,23-25,27-36H2,1-5H3/p+1/b26-22-/t37-,38?,39?/m1/s1. The van der Waals surface area contributed by atoms with Crippen LogP contribution in [0.15, 0.2) is 12.2 Å². The van der Waals surface area contributed by atoms with E-state index >= 15 is 0 Å². The molecule has 52 heavy (non-hydrogen) atoms. The van der Waals surface area contributed by atoms with Crippen molar-refractivity contribution in [2.24, 2.45) is 0 Å². The predicted molar refractivity (Wildman–Crippen MR) is 210 cm³/mol. The third kappa shape index (κ3) is 31.1. The fourth-order valence-electron chi connectivity index (χ4n) is 6.02. The first-order chi connectivity index (χ1) is 25.0. The number of phosphoric ester groups is 1. The van der Waals surface area contributed by atoms with Gasteiger partial charge in [-0.3, -0.25) is 18.6 Å². The molecule has 0 radical (unpaired) electrons. The van der Waals surface area contributed by atoms with Gasteiger partial charge in [-0.2, -0.15) is 0 Å². The lowest BCUT2D eigenvalue weighted by Gasteiger charge is -2.24. The molecule has 0 saturated carbocycles. The summed E-state index contributed by atoms with van der Waals surface area (Å²) in [5.74, 6) is -0.815. The Hall–Kier alpha value is -1.29. The Morgan fingerprint density at radius 3 is 1.83 bits per heavy atom. The lowest BCUT2D eigenvalue weighted by atomic mass is 10.0. The van der Waals surface area contributed by atoms with Crippen molar-refractivity contribution in [3.63, 3.8) is 0 Å². The molecule has 0 aromatic carbocycles. The first-order valence-corrected chi connectivity index (χ1v) is 22.5. The number of quaternary nitrogens is 1. The molecule has 0 aromatic rings. The van der Waals surface area contributed by atoms with E-state index in [0.29, 0.717) is 29.7 Å². The van der Waals surface area contributed by atoms with Crippen molar-refractivity contribution in [1.29, 1.82) is 0 Å². The Labute approximate surface area is 318 Å². The van der Waals surface area contributed by atoms with E-state index in [1.165, 1.54) is 83.5 Å². The molecule has 3 unspecified atom stereocenters. The molecule has 1 heterocycles. The first kappa shape index (κ1) is 48.7. The number of nitrogens with zero attached hydrogens (tertiary/aromatic N) is 1. The smallest absolute Gasteiger partial charge is 0.462 e. The summed E-state index contributed by atoms with van der Waals surface area (Å²) in [4.78, 5) is 35.3. The van der Waals surface area contributed by atoms with Gasteiger partial charge in [0.2, 0.25) is 0 Å². The summed E-state index contributed by atoms with van der Waals surface area (Å²) in [6.45, 7) is 4.37. The van der Waals surface area contributed by atoms with Gasteiger partial charge in [0.25, 0.3) is 0 Å². The maximum Gasteiger partial charge on any atom is 0.472 e. The monoisotopic (exact) mass is 761 g/mol. The third-order valence-electron chi connectivity index (χ3n) is 9.47. The fourth-order valence-corrected chi connectivity index (χ4v) is 6.76. The Balaban J connectivity index is 2.29. The van der Waals surface area contributed by atoms with Crippen molar-refractivity contribution in [1.82, 2.24) is 0 Å². The van der Waals surface area contributed by atoms with Crippen LogP contribution in [-0.2, 0) is 37.4 Å². The number of likely N-dealkylation sites (N-methyl/N-ethyl adjacent to an activating group) is 1. The van der Waals surface area contributed by atoms with Gasteiger partial charge in [-0.1, -0.05) is 135 Å². The van der Waals surface area contributed by atoms with Gasteiger partial charge in [0, 0.05) is 12.8 Å². The number of carbonyl (C=O) groups is 2. The number of epoxide rings is 1. The predicted octanol–water partition coefficient (Wildman–Crippen LogP) is 10.4. The van der Waals surface area contributed by atoms with Gasteiger partial charge in [-0.05, 0) is 38.5 Å². The largest absolute Gasteiger partial charge is 0.472 e. The fraction of sp³-hybridized carbons (Fsp3) is 0.902. The van der Waals surface area contributed by atoms with Crippen LogP contribution in [0, 0.1) is 0 Å². The van der Waals surface area contributed by atoms with Gasteiger partial charge < -0.3 is 23.6 Å². The van der Waals surface area contributed by atoms with Crippen LogP contribution in [0.2, 0.25) is 0 Å². The SMILES string of the molecule is CCCCCCCCCCCCCCC(=O)OC[C@H](COP(=O)(O)OCC[N+](C)(C)C)OC(=O)CCCCCCC/C=C\CC1OC1CCCCC. The van der Waals surface area contributed by atoms with E-state index in [-0.39, 0.29) is 32.0 Å². The lowest BCUT2D eigenvalue weighted by Crippen LogP contribution is -2.37. The Morgan fingerprint density at radius 1 is 0.692 bits per heavy atom. The molecule has 0 aromatic heterocycles. The third-order valence-corrected chi connectivity index (χ3v) is 10.5. The van der Waals surface area contributed by atoms with Crippen molar-refractivity contribution in [3.05, 3.63) is 12.2 Å². The summed E-state index contributed by atoms with van der Waals surface area (Å²) in [6, 6.07) is 0. The number of unbranched alkanes of at least 4 members (excludes halogenated alkanes) is 18. The summed E-state index contributed by atoms with van der Waals surface area (Å²) in [6.07, 6.45) is 31.4. The number of rotatable bonds is 37. The van der Waals surface area contributed by atoms with Gasteiger partial charge in [0.1, 0.15) is 19.8 Å². The van der Waals surface area contributed by atoms with Crippen LogP contribution in [0.5, 0.6) is 0 Å². The number of ether oxygens (including phenoxy) is 3. The molecule has 1 fully saturated rings. The van der Waals surface area contributed by atoms with E-state index in [9.17, 15) is 19.0 Å². The Morgan fingerprint density at radius 2 is 1.23 bits per heavy atom. The molecule has 1 rings (SSSR count). The zero-order valence-corrected chi connectivity index (χ0v) is 34.9. The molecule has 4 atom stereocenters. The summed E-state index contributed by atoms with van der Waals surface area (Å²) >= 11 is 0. The molecule has 0 aliphatic carbocycles. The average Bonchev–Trinajstić information content (AvgIpc) is 3.84. The molecule has 1 saturated heterocycles. The van der Waals surface area contributed by atoms with Crippen LogP contribution in [0.3, 0.4) is 0 Å². The zero-order valence-electron chi connectivity index (χ0n) is 34.0. The van der Waals surface area contributed by atoms with E-state index in [1.807, 2.05) is 21.1 Å². The second-order valence-electron chi connectivity index (χ2n) is 15.8. The van der Waals surface area contributed by atoms with Crippen molar-refractivity contribution in [3.8, 4) is 0 Å². The molecular weight excluding hydrogens is 681 g/mol. The van der Waals surface area contributed by atoms with E-state index in [4.69, 9.17) is 23.3 Å². The number of carbonyl (C=O) groups excluding carboxylic acids is 2. The number of phosphoric acid groups is 1. The second-order valence-corrected chi connectivity index (χ2v) is 17.2. The average molecular weight is 761 g/mol. The molecule has 11 heteroatoms. The minimum Gasteiger partial charge on any atom is -0.462 e. The van der Waals surface area contributed by atoms with Gasteiger partial charge in [0.05, 0.1) is 40.0 Å². The second kappa shape index (κ2) is 31.0. The van der Waals surface area contributed by atoms with Crippen molar-refractivity contribution < 1.29 is 46.8 Å². The number of allylic oxidation sites excluding steroid dienone is 1. The number of hydrogen-bond acceptors (Lipinski definition) is 8. The van der Waals surface area contributed by atoms with E-state index in [0.717, 1.165) is 57.8 Å². The number of esters is 2. The van der Waals surface area contributed by atoms with Crippen molar-refractivity contribution >= 4 is 19.8 Å². The maximum atomic E-state index is 12.7. The molecular formula is C41H79NO9P+. The molecule has 0 amide bonds. The minimum atomic E-state index is -4.37. The summed E-state index contributed by atoms with van der Waals surface area (Å²) in [5, 5.41) is 0. The number of hydrogen-bond donors (Lipinski definition) is 1. The summed E-state index contributed by atoms with van der Waals surface area (Å²) in [5.41, 5.74) is 0. The highest BCUT2D eigenvalue weighted by Gasteiger charge is 2.36. The summed E-state index contributed by atoms with van der Waals surface area (Å²) in [7, 11) is 1.46. The zero-order chi connectivity index (χ0) is 38.3. The normalized spacial score (nSPS) is 17.7. The van der Waals surface area contributed by atoms with Gasteiger partial charge in [-0.25, -0.2) is 4.57 Å². The maximum absolute atomic E-state index is 12.7. The van der Waals surface area contributed by atoms with Crippen LogP contribution in [0.1, 0.15) is 174 Å². The highest BCUT2D eigenvalue weighted by atomic mass is 31.2. The van der Waals surface area contributed by atoms with Crippen LogP contribution >= 0.6 is 7.82 Å². The molecule has 1 aliphatic rings. The highest BCUT2D eigenvalue weighted by Crippen LogP contribution is 2.43. The molecule has 1 N–H and O–H groups in total. The minimum absolute atomic E-state index is 0.0289. The molecule has 0 bridgehead atoms. The first-order valence-electron chi connectivity index (χ1n) is 21.0. The van der Waals surface area contributed by atoms with Gasteiger partial charge >= 0.3 is 19.8 Å². The van der Waals surface area contributed by atoms with E-state index in [1.54, 1.807) is 0 Å². The van der Waals surface area contributed by atoms with Gasteiger partial charge in [0.15, 0.2) is 6.10 Å². The van der Waals surface area contributed by atoms with Crippen LogP contribution in [-0.4, -0.2) is 87.1 Å². The van der Waals surface area contributed by atoms with E-state index in [2.05, 4.69) is 26.0 Å². The lowest BCUT2D eigenvalue weighted by molar-refractivity contribution is -0.870. The van der Waals surface area contributed by atoms with Crippen LogP contribution < -0.4 is 0 Å². The molecule has 1 aliphatic heterocycles. The Kier molecular flexibility index (Phi) is 29.0. The van der Waals surface area contributed by atoms with Crippen LogP contribution in [0.4, 0.5) is 0 Å². The molecule has 10 nitrogen and oxygen atoms in total. The topological polar surface area (TPSA) is 121 Å².